The molecule has 0 radical (unpaired) electrons. The van der Waals surface area contributed by atoms with Crippen LogP contribution in [0.2, 0.25) is 0 Å². The maximum atomic E-state index is 9.63. The molecule has 21 heavy (non-hydrogen) atoms. The van der Waals surface area contributed by atoms with Crippen LogP contribution in [0, 0.1) is 0 Å². The number of rotatable bonds is 4. The fourth-order valence-electron chi connectivity index (χ4n) is 3.50. The number of morpholine rings is 1. The molecule has 2 heterocycles. The first kappa shape index (κ1) is 15.3. The van der Waals surface area contributed by atoms with Crippen molar-refractivity contribution in [2.45, 2.75) is 70.6 Å². The van der Waals surface area contributed by atoms with E-state index in [4.69, 9.17) is 9.72 Å². The Morgan fingerprint density at radius 2 is 2.24 bits per heavy atom. The predicted molar refractivity (Wildman–Crippen MR) is 86.1 cm³/mol. The van der Waals surface area contributed by atoms with Gasteiger partial charge in [-0.05, 0) is 25.2 Å². The Morgan fingerprint density at radius 1 is 1.43 bits per heavy atom. The van der Waals surface area contributed by atoms with Crippen LogP contribution in [0.15, 0.2) is 0 Å². The van der Waals surface area contributed by atoms with Crippen LogP contribution in [0.3, 0.4) is 0 Å². The van der Waals surface area contributed by atoms with Gasteiger partial charge in [-0.15, -0.1) is 0 Å². The first-order valence-electron chi connectivity index (χ1n) is 8.23. The Kier molecular flexibility index (Phi) is 4.82. The highest BCUT2D eigenvalue weighted by Gasteiger charge is 2.36. The van der Waals surface area contributed by atoms with Gasteiger partial charge in [0.05, 0.1) is 35.9 Å². The Hall–Kier alpha value is -0.650. The highest BCUT2D eigenvalue weighted by atomic mass is 32.1. The standard InChI is InChI=1S/C16H26N2O2S/c1-3-11(2)15-14(10-19)21-16(17-15)18-8-9-20-13-7-5-4-6-12(13)18/h11-13,19H,3-10H2,1-2H3. The first-order valence-corrected chi connectivity index (χ1v) is 9.05. The van der Waals surface area contributed by atoms with E-state index >= 15 is 0 Å². The lowest BCUT2D eigenvalue weighted by Crippen LogP contribution is -2.52. The summed E-state index contributed by atoms with van der Waals surface area (Å²) < 4.78 is 5.95. The number of thiazole rings is 1. The molecule has 1 aliphatic heterocycles. The van der Waals surface area contributed by atoms with Gasteiger partial charge in [-0.3, -0.25) is 0 Å². The van der Waals surface area contributed by atoms with Crippen LogP contribution in [0.1, 0.15) is 62.4 Å². The zero-order valence-corrected chi connectivity index (χ0v) is 13.9. The van der Waals surface area contributed by atoms with Crippen molar-refractivity contribution in [1.29, 1.82) is 0 Å². The van der Waals surface area contributed by atoms with Gasteiger partial charge in [-0.2, -0.15) is 0 Å². The third-order valence-corrected chi connectivity index (χ3v) is 6.01. The molecule has 3 unspecified atom stereocenters. The third kappa shape index (κ3) is 2.96. The fourth-order valence-corrected chi connectivity index (χ4v) is 4.62. The highest BCUT2D eigenvalue weighted by molar-refractivity contribution is 7.15. The van der Waals surface area contributed by atoms with E-state index in [-0.39, 0.29) is 6.61 Å². The molecule has 2 aliphatic rings. The lowest BCUT2D eigenvalue weighted by atomic mass is 9.90. The van der Waals surface area contributed by atoms with E-state index in [1.807, 2.05) is 0 Å². The second-order valence-corrected chi connectivity index (χ2v) is 7.29. The van der Waals surface area contributed by atoms with Crippen molar-refractivity contribution >= 4 is 16.5 Å². The van der Waals surface area contributed by atoms with E-state index < -0.39 is 0 Å². The highest BCUT2D eigenvalue weighted by Crippen LogP contribution is 2.37. The Labute approximate surface area is 131 Å². The number of ether oxygens (including phenoxy) is 1. The molecule has 3 atom stereocenters. The van der Waals surface area contributed by atoms with E-state index in [1.54, 1.807) is 11.3 Å². The molecular weight excluding hydrogens is 284 g/mol. The SMILES string of the molecule is CCC(C)c1nc(N2CCOC3CCCCC32)sc1CO. The number of anilines is 1. The van der Waals surface area contributed by atoms with E-state index in [0.29, 0.717) is 18.1 Å². The molecule has 1 aliphatic carbocycles. The van der Waals surface area contributed by atoms with Crippen LogP contribution in [-0.2, 0) is 11.3 Å². The largest absolute Gasteiger partial charge is 0.391 e. The predicted octanol–water partition coefficient (Wildman–Crippen LogP) is 3.30. The summed E-state index contributed by atoms with van der Waals surface area (Å²) in [6, 6.07) is 0.481. The number of fused-ring (bicyclic) bond motifs is 1. The first-order chi connectivity index (χ1) is 10.2. The van der Waals surface area contributed by atoms with Gasteiger partial charge < -0.3 is 14.7 Å². The van der Waals surface area contributed by atoms with Gasteiger partial charge in [0, 0.05) is 6.54 Å². The summed E-state index contributed by atoms with van der Waals surface area (Å²) in [5.41, 5.74) is 1.10. The normalized spacial score (nSPS) is 27.5. The molecule has 5 heteroatoms. The van der Waals surface area contributed by atoms with Gasteiger partial charge in [-0.1, -0.05) is 38.0 Å². The number of aliphatic hydroxyl groups excluding tert-OH is 1. The third-order valence-electron chi connectivity index (χ3n) is 4.92. The minimum Gasteiger partial charge on any atom is -0.391 e. The maximum absolute atomic E-state index is 9.63. The molecule has 118 valence electrons. The zero-order valence-electron chi connectivity index (χ0n) is 13.0. The summed E-state index contributed by atoms with van der Waals surface area (Å²) >= 11 is 1.67. The van der Waals surface area contributed by atoms with Crippen LogP contribution in [-0.4, -0.2) is 35.4 Å². The molecular formula is C16H26N2O2S. The molecule has 0 bridgehead atoms. The van der Waals surface area contributed by atoms with Crippen molar-refractivity contribution < 1.29 is 9.84 Å². The topological polar surface area (TPSA) is 45.6 Å². The van der Waals surface area contributed by atoms with Gasteiger partial charge in [0.1, 0.15) is 0 Å². The minimum atomic E-state index is 0.107. The summed E-state index contributed by atoms with van der Waals surface area (Å²) in [6.07, 6.45) is 6.39. The maximum Gasteiger partial charge on any atom is 0.186 e. The summed E-state index contributed by atoms with van der Waals surface area (Å²) in [5.74, 6) is 0.417. The van der Waals surface area contributed by atoms with Gasteiger partial charge in [-0.25, -0.2) is 4.98 Å². The molecule has 1 N–H and O–H groups in total. The lowest BCUT2D eigenvalue weighted by Gasteiger charge is -2.43. The van der Waals surface area contributed by atoms with E-state index in [2.05, 4.69) is 18.7 Å². The molecule has 1 aromatic rings. The van der Waals surface area contributed by atoms with Crippen molar-refractivity contribution in [3.63, 3.8) is 0 Å². The molecule has 1 aromatic heterocycles. The minimum absolute atomic E-state index is 0.107. The number of aromatic nitrogens is 1. The Balaban J connectivity index is 1.86. The molecule has 3 rings (SSSR count). The van der Waals surface area contributed by atoms with Crippen LogP contribution in [0.5, 0.6) is 0 Å². The van der Waals surface area contributed by atoms with Crippen molar-refractivity contribution in [1.82, 2.24) is 4.98 Å². The Morgan fingerprint density at radius 3 is 3.00 bits per heavy atom. The molecule has 0 aromatic carbocycles. The van der Waals surface area contributed by atoms with Crippen molar-refractivity contribution in [3.8, 4) is 0 Å². The Bertz CT molecular complexity index is 475. The van der Waals surface area contributed by atoms with Crippen LogP contribution < -0.4 is 4.90 Å². The number of nitrogens with zero attached hydrogens (tertiary/aromatic N) is 2. The van der Waals surface area contributed by atoms with E-state index in [9.17, 15) is 5.11 Å². The average Bonchev–Trinajstić information content (AvgIpc) is 2.97. The van der Waals surface area contributed by atoms with E-state index in [0.717, 1.165) is 35.3 Å². The summed E-state index contributed by atoms with van der Waals surface area (Å²) in [4.78, 5) is 8.38. The number of aliphatic hydroxyl groups is 1. The molecule has 2 fully saturated rings. The quantitative estimate of drug-likeness (QED) is 0.927. The number of hydrogen-bond acceptors (Lipinski definition) is 5. The zero-order chi connectivity index (χ0) is 14.8. The van der Waals surface area contributed by atoms with Crippen LogP contribution >= 0.6 is 11.3 Å². The van der Waals surface area contributed by atoms with Gasteiger partial charge in [0.2, 0.25) is 0 Å². The fraction of sp³-hybridized carbons (Fsp3) is 0.812. The molecule has 4 nitrogen and oxygen atoms in total. The summed E-state index contributed by atoms with van der Waals surface area (Å²) in [6.45, 7) is 6.21. The van der Waals surface area contributed by atoms with E-state index in [1.165, 1.54) is 25.7 Å². The summed E-state index contributed by atoms with van der Waals surface area (Å²) in [7, 11) is 0. The second kappa shape index (κ2) is 6.63. The smallest absolute Gasteiger partial charge is 0.186 e. The average molecular weight is 310 g/mol. The van der Waals surface area contributed by atoms with Gasteiger partial charge in [0.25, 0.3) is 0 Å². The van der Waals surface area contributed by atoms with Crippen LogP contribution in [0.25, 0.3) is 0 Å². The summed E-state index contributed by atoms with van der Waals surface area (Å²) in [5, 5.41) is 10.7. The monoisotopic (exact) mass is 310 g/mol. The van der Waals surface area contributed by atoms with Gasteiger partial charge in [0.15, 0.2) is 5.13 Å². The van der Waals surface area contributed by atoms with Gasteiger partial charge >= 0.3 is 0 Å². The van der Waals surface area contributed by atoms with Crippen LogP contribution in [0.4, 0.5) is 5.13 Å². The molecule has 0 spiro atoms. The van der Waals surface area contributed by atoms with Crippen molar-refractivity contribution in [2.24, 2.45) is 0 Å². The lowest BCUT2D eigenvalue weighted by molar-refractivity contribution is -0.00870. The second-order valence-electron chi connectivity index (χ2n) is 6.23. The van der Waals surface area contributed by atoms with Crippen molar-refractivity contribution in [2.75, 3.05) is 18.1 Å². The number of hydrogen-bond donors (Lipinski definition) is 1. The molecule has 1 saturated carbocycles. The molecule has 1 saturated heterocycles. The molecule has 0 amide bonds. The van der Waals surface area contributed by atoms with Crippen molar-refractivity contribution in [3.05, 3.63) is 10.6 Å².